The number of esters is 1. The Hall–Kier alpha value is -2.27. The number of amides is 1. The average Bonchev–Trinajstić information content (AvgIpc) is 2.57. The standard InChI is InChI=1S/C19H21NO3S/c1-14-8-9-15(2)17(12-14)20-18(21)13-23-19(22)10-11-24-16-6-4-3-5-7-16/h3-9,12H,10-11,13H2,1-2H3,(H,20,21). The Morgan fingerprint density at radius 1 is 1.08 bits per heavy atom. The third kappa shape index (κ3) is 6.08. The van der Waals surface area contributed by atoms with Crippen molar-refractivity contribution in [3.8, 4) is 0 Å². The number of hydrogen-bond donors (Lipinski definition) is 1. The summed E-state index contributed by atoms with van der Waals surface area (Å²) in [4.78, 5) is 24.7. The van der Waals surface area contributed by atoms with Crippen molar-refractivity contribution >= 4 is 29.3 Å². The number of aryl methyl sites for hydroxylation is 2. The fraction of sp³-hybridized carbons (Fsp3) is 0.263. The van der Waals surface area contributed by atoms with Crippen LogP contribution in [0, 0.1) is 13.8 Å². The smallest absolute Gasteiger partial charge is 0.307 e. The van der Waals surface area contributed by atoms with Gasteiger partial charge in [-0.15, -0.1) is 11.8 Å². The van der Waals surface area contributed by atoms with Crippen LogP contribution in [0.3, 0.4) is 0 Å². The number of thioether (sulfide) groups is 1. The van der Waals surface area contributed by atoms with E-state index in [9.17, 15) is 9.59 Å². The monoisotopic (exact) mass is 343 g/mol. The van der Waals surface area contributed by atoms with E-state index in [0.29, 0.717) is 5.75 Å². The molecule has 0 atom stereocenters. The van der Waals surface area contributed by atoms with Gasteiger partial charge in [-0.25, -0.2) is 0 Å². The highest BCUT2D eigenvalue weighted by atomic mass is 32.2. The Bertz CT molecular complexity index is 701. The molecule has 1 amide bonds. The molecular weight excluding hydrogens is 322 g/mol. The summed E-state index contributed by atoms with van der Waals surface area (Å²) in [6.07, 6.45) is 0.274. The lowest BCUT2D eigenvalue weighted by Gasteiger charge is -2.10. The normalized spacial score (nSPS) is 10.2. The molecule has 0 aromatic heterocycles. The minimum absolute atomic E-state index is 0.262. The average molecular weight is 343 g/mol. The summed E-state index contributed by atoms with van der Waals surface area (Å²) < 4.78 is 5.02. The molecule has 2 rings (SSSR count). The number of anilines is 1. The zero-order valence-electron chi connectivity index (χ0n) is 13.9. The van der Waals surface area contributed by atoms with Gasteiger partial charge in [0.25, 0.3) is 5.91 Å². The Labute approximate surface area is 146 Å². The largest absolute Gasteiger partial charge is 0.456 e. The molecule has 0 aliphatic heterocycles. The lowest BCUT2D eigenvalue weighted by atomic mass is 10.1. The van der Waals surface area contributed by atoms with E-state index in [-0.39, 0.29) is 24.9 Å². The van der Waals surface area contributed by atoms with Gasteiger partial charge >= 0.3 is 5.97 Å². The summed E-state index contributed by atoms with van der Waals surface area (Å²) in [7, 11) is 0. The van der Waals surface area contributed by atoms with E-state index in [1.807, 2.05) is 62.4 Å². The van der Waals surface area contributed by atoms with Crippen molar-refractivity contribution in [3.05, 3.63) is 59.7 Å². The molecular formula is C19H21NO3S. The molecule has 0 aliphatic carbocycles. The molecule has 0 saturated carbocycles. The number of carbonyl (C=O) groups is 2. The zero-order chi connectivity index (χ0) is 17.4. The van der Waals surface area contributed by atoms with Gasteiger partial charge in [0.05, 0.1) is 6.42 Å². The first-order valence-electron chi connectivity index (χ1n) is 7.75. The van der Waals surface area contributed by atoms with Gasteiger partial charge in [0.2, 0.25) is 0 Å². The molecule has 2 aromatic rings. The number of carbonyl (C=O) groups excluding carboxylic acids is 2. The summed E-state index contributed by atoms with van der Waals surface area (Å²) in [6.45, 7) is 3.61. The number of benzene rings is 2. The van der Waals surface area contributed by atoms with Crippen molar-refractivity contribution in [2.24, 2.45) is 0 Å². The number of nitrogens with one attached hydrogen (secondary N) is 1. The van der Waals surface area contributed by atoms with Crippen molar-refractivity contribution in [2.75, 3.05) is 17.7 Å². The zero-order valence-corrected chi connectivity index (χ0v) is 14.7. The predicted molar refractivity (Wildman–Crippen MR) is 97.3 cm³/mol. The van der Waals surface area contributed by atoms with Gasteiger partial charge in [0.1, 0.15) is 0 Å². The predicted octanol–water partition coefficient (Wildman–Crippen LogP) is 3.97. The Morgan fingerprint density at radius 2 is 1.83 bits per heavy atom. The van der Waals surface area contributed by atoms with E-state index in [1.165, 1.54) is 0 Å². The van der Waals surface area contributed by atoms with Gasteiger partial charge in [-0.05, 0) is 43.2 Å². The quantitative estimate of drug-likeness (QED) is 0.610. The van der Waals surface area contributed by atoms with Gasteiger partial charge in [-0.1, -0.05) is 30.3 Å². The fourth-order valence-electron chi connectivity index (χ4n) is 2.04. The van der Waals surface area contributed by atoms with Gasteiger partial charge in [-0.2, -0.15) is 0 Å². The summed E-state index contributed by atoms with van der Waals surface area (Å²) in [5.41, 5.74) is 2.78. The molecule has 0 fully saturated rings. The molecule has 1 N–H and O–H groups in total. The SMILES string of the molecule is Cc1ccc(C)c(NC(=O)COC(=O)CCSc2ccccc2)c1. The molecule has 0 bridgehead atoms. The highest BCUT2D eigenvalue weighted by Crippen LogP contribution is 2.18. The molecule has 0 spiro atoms. The van der Waals surface area contributed by atoms with E-state index >= 15 is 0 Å². The minimum Gasteiger partial charge on any atom is -0.456 e. The van der Waals surface area contributed by atoms with Crippen molar-refractivity contribution < 1.29 is 14.3 Å². The fourth-order valence-corrected chi connectivity index (χ4v) is 2.90. The van der Waals surface area contributed by atoms with Crippen molar-refractivity contribution in [3.63, 3.8) is 0 Å². The van der Waals surface area contributed by atoms with E-state index in [0.717, 1.165) is 21.7 Å². The molecule has 0 unspecified atom stereocenters. The van der Waals surface area contributed by atoms with Crippen LogP contribution in [0.5, 0.6) is 0 Å². The van der Waals surface area contributed by atoms with E-state index in [1.54, 1.807) is 11.8 Å². The van der Waals surface area contributed by atoms with Gasteiger partial charge in [-0.3, -0.25) is 9.59 Å². The molecule has 4 nitrogen and oxygen atoms in total. The van der Waals surface area contributed by atoms with Crippen LogP contribution in [0.2, 0.25) is 0 Å². The maximum atomic E-state index is 11.9. The van der Waals surface area contributed by atoms with Crippen LogP contribution in [0.15, 0.2) is 53.4 Å². The Kier molecular flexibility index (Phi) is 6.88. The van der Waals surface area contributed by atoms with Gasteiger partial charge in [0, 0.05) is 16.3 Å². The maximum Gasteiger partial charge on any atom is 0.307 e. The third-order valence-corrected chi connectivity index (χ3v) is 4.36. The summed E-state index contributed by atoms with van der Waals surface area (Å²) in [5.74, 6) is -0.0659. The van der Waals surface area contributed by atoms with Gasteiger partial charge < -0.3 is 10.1 Å². The van der Waals surface area contributed by atoms with Gasteiger partial charge in [0.15, 0.2) is 6.61 Å². The van der Waals surface area contributed by atoms with Crippen LogP contribution >= 0.6 is 11.8 Å². The minimum atomic E-state index is -0.366. The highest BCUT2D eigenvalue weighted by molar-refractivity contribution is 7.99. The molecule has 5 heteroatoms. The first kappa shape index (κ1) is 18.1. The first-order chi connectivity index (χ1) is 11.5. The lowest BCUT2D eigenvalue weighted by molar-refractivity contribution is -0.146. The Balaban J connectivity index is 1.69. The van der Waals surface area contributed by atoms with Crippen LogP contribution in [-0.2, 0) is 14.3 Å². The second-order valence-corrected chi connectivity index (χ2v) is 6.61. The number of rotatable bonds is 7. The second kappa shape index (κ2) is 9.13. The van der Waals surface area contributed by atoms with Crippen LogP contribution < -0.4 is 5.32 Å². The van der Waals surface area contributed by atoms with Crippen LogP contribution in [-0.4, -0.2) is 24.2 Å². The van der Waals surface area contributed by atoms with Crippen molar-refractivity contribution in [1.82, 2.24) is 0 Å². The molecule has 24 heavy (non-hydrogen) atoms. The third-order valence-electron chi connectivity index (χ3n) is 3.35. The lowest BCUT2D eigenvalue weighted by Crippen LogP contribution is -2.21. The second-order valence-electron chi connectivity index (χ2n) is 5.44. The highest BCUT2D eigenvalue weighted by Gasteiger charge is 2.09. The first-order valence-corrected chi connectivity index (χ1v) is 8.74. The molecule has 126 valence electrons. The van der Waals surface area contributed by atoms with E-state index < -0.39 is 0 Å². The van der Waals surface area contributed by atoms with Crippen molar-refractivity contribution in [2.45, 2.75) is 25.2 Å². The van der Waals surface area contributed by atoms with Crippen LogP contribution in [0.1, 0.15) is 17.5 Å². The maximum absolute atomic E-state index is 11.9. The topological polar surface area (TPSA) is 55.4 Å². The summed E-state index contributed by atoms with van der Waals surface area (Å²) in [5, 5.41) is 2.77. The molecule has 0 saturated heterocycles. The molecule has 0 aliphatic rings. The molecule has 0 heterocycles. The number of hydrogen-bond acceptors (Lipinski definition) is 4. The molecule has 2 aromatic carbocycles. The van der Waals surface area contributed by atoms with E-state index in [2.05, 4.69) is 5.32 Å². The summed E-state index contributed by atoms with van der Waals surface area (Å²) >= 11 is 1.59. The molecule has 0 radical (unpaired) electrons. The summed E-state index contributed by atoms with van der Waals surface area (Å²) in [6, 6.07) is 15.7. The Morgan fingerprint density at radius 3 is 2.58 bits per heavy atom. The number of ether oxygens (including phenoxy) is 1. The van der Waals surface area contributed by atoms with Crippen LogP contribution in [0.4, 0.5) is 5.69 Å². The van der Waals surface area contributed by atoms with E-state index in [4.69, 9.17) is 4.74 Å². The van der Waals surface area contributed by atoms with Crippen molar-refractivity contribution in [1.29, 1.82) is 0 Å². The van der Waals surface area contributed by atoms with Crippen LogP contribution in [0.25, 0.3) is 0 Å².